The van der Waals surface area contributed by atoms with Gasteiger partial charge >= 0.3 is 0 Å². The van der Waals surface area contributed by atoms with Crippen molar-refractivity contribution in [3.05, 3.63) is 132 Å². The molecule has 34 heavy (non-hydrogen) atoms. The largest absolute Gasteiger partial charge is 0.206 e. The van der Waals surface area contributed by atoms with Gasteiger partial charge in [0.1, 0.15) is 5.83 Å². The first-order valence-electron chi connectivity index (χ1n) is 11.4. The highest BCUT2D eigenvalue weighted by Crippen LogP contribution is 2.29. The molecule has 0 unspecified atom stereocenters. The van der Waals surface area contributed by atoms with Crippen LogP contribution in [0.4, 0.5) is 13.2 Å². The summed E-state index contributed by atoms with van der Waals surface area (Å²) in [6.07, 6.45) is 12.6. The van der Waals surface area contributed by atoms with Gasteiger partial charge in [0.25, 0.3) is 0 Å². The van der Waals surface area contributed by atoms with Gasteiger partial charge in [-0.3, -0.25) is 0 Å². The normalized spacial score (nSPS) is 13.4. The topological polar surface area (TPSA) is 0 Å². The number of rotatable bonds is 15. The molecule has 0 bridgehead atoms. The number of hydrogen-bond donors (Lipinski definition) is 0. The Bertz CT molecular complexity index is 972. The summed E-state index contributed by atoms with van der Waals surface area (Å²) in [5.74, 6) is -2.16. The quantitative estimate of drug-likeness (QED) is 0.127. The SMILES string of the molecule is C=C(/C=C\C(=C)C(=C)/C(F)=C(/F)C(=C)CCC/C=C\C)C(=C)/C=C(/F)C(=C)/C(C)=C/CC(C)C. The highest BCUT2D eigenvalue weighted by atomic mass is 19.2. The fourth-order valence-electron chi connectivity index (χ4n) is 2.60. The van der Waals surface area contributed by atoms with E-state index in [0.717, 1.165) is 18.4 Å². The third kappa shape index (κ3) is 11.2. The Kier molecular flexibility index (Phi) is 14.3. The van der Waals surface area contributed by atoms with Crippen molar-refractivity contribution < 1.29 is 13.2 Å². The van der Waals surface area contributed by atoms with Crippen molar-refractivity contribution in [3.63, 3.8) is 0 Å². The Labute approximate surface area is 205 Å². The van der Waals surface area contributed by atoms with Crippen molar-refractivity contribution >= 4 is 0 Å². The summed E-state index contributed by atoms with van der Waals surface area (Å²) in [5.41, 5.74) is 1.79. The summed E-state index contributed by atoms with van der Waals surface area (Å²) >= 11 is 0. The maximum atomic E-state index is 14.6. The summed E-state index contributed by atoms with van der Waals surface area (Å²) in [5, 5.41) is 0. The lowest BCUT2D eigenvalue weighted by Gasteiger charge is -2.08. The van der Waals surface area contributed by atoms with E-state index < -0.39 is 17.5 Å². The average Bonchev–Trinajstić information content (AvgIpc) is 2.80. The third-order valence-electron chi connectivity index (χ3n) is 5.10. The molecule has 0 N–H and O–H groups in total. The van der Waals surface area contributed by atoms with E-state index in [4.69, 9.17) is 0 Å². The Morgan fingerprint density at radius 2 is 1.41 bits per heavy atom. The van der Waals surface area contributed by atoms with E-state index in [1.807, 2.05) is 32.1 Å². The number of hydrogen-bond acceptors (Lipinski definition) is 0. The fraction of sp³-hybridized carbons (Fsp3) is 0.290. The summed E-state index contributed by atoms with van der Waals surface area (Å²) in [6.45, 7) is 30.3. The molecule has 0 heterocycles. The average molecular weight is 469 g/mol. The van der Waals surface area contributed by atoms with Crippen LogP contribution in [0.2, 0.25) is 0 Å². The maximum absolute atomic E-state index is 14.6. The molecule has 0 atom stereocenters. The summed E-state index contributed by atoms with van der Waals surface area (Å²) in [6, 6.07) is 0. The molecule has 0 aliphatic rings. The van der Waals surface area contributed by atoms with Gasteiger partial charge in [0, 0.05) is 11.1 Å². The smallest absolute Gasteiger partial charge is 0.166 e. The van der Waals surface area contributed by atoms with E-state index in [0.29, 0.717) is 29.9 Å². The Balaban J connectivity index is 5.20. The van der Waals surface area contributed by atoms with Gasteiger partial charge in [-0.2, -0.15) is 0 Å². The standard InChI is InChI=1S/C31H39F3/c1-11-12-13-14-15-25(7)30(33)31(34)28(10)24(6)19-18-22(4)26(8)20-29(32)27(9)23(5)17-16-21(2)3/h11-12,17-21H,4,6-10,13-16H2,1-3,5H3/b12-11-,19-18-,23-17+,29-20+,31-30-. The van der Waals surface area contributed by atoms with Crippen molar-refractivity contribution in [2.24, 2.45) is 5.92 Å². The van der Waals surface area contributed by atoms with Gasteiger partial charge < -0.3 is 0 Å². The summed E-state index contributed by atoms with van der Waals surface area (Å²) in [4.78, 5) is 0. The maximum Gasteiger partial charge on any atom is 0.166 e. The van der Waals surface area contributed by atoms with E-state index >= 15 is 0 Å². The first kappa shape index (κ1) is 30.9. The van der Waals surface area contributed by atoms with Crippen LogP contribution in [0, 0.1) is 5.92 Å². The molecule has 0 fully saturated rings. The molecule has 3 heteroatoms. The Hall–Kier alpha value is -3.07. The van der Waals surface area contributed by atoms with Crippen LogP contribution < -0.4 is 0 Å². The van der Waals surface area contributed by atoms with Crippen LogP contribution in [0.1, 0.15) is 53.4 Å². The molecule has 0 radical (unpaired) electrons. The van der Waals surface area contributed by atoms with Gasteiger partial charge in [-0.1, -0.05) is 83.7 Å². The van der Waals surface area contributed by atoms with Crippen molar-refractivity contribution in [2.75, 3.05) is 0 Å². The second kappa shape index (κ2) is 15.7. The molecular weight excluding hydrogens is 429 g/mol. The molecule has 184 valence electrons. The molecule has 0 amide bonds. The molecule has 0 aliphatic heterocycles. The van der Waals surface area contributed by atoms with Crippen LogP contribution in [0.15, 0.2) is 132 Å². The zero-order chi connectivity index (χ0) is 26.4. The molecule has 0 rings (SSSR count). The van der Waals surface area contributed by atoms with Gasteiger partial charge in [-0.15, -0.1) is 0 Å². The highest BCUT2D eigenvalue weighted by Gasteiger charge is 2.14. The minimum absolute atomic E-state index is 0.0799. The molecule has 0 aromatic carbocycles. The second-order valence-corrected chi connectivity index (χ2v) is 8.57. The first-order chi connectivity index (χ1) is 15.8. The Morgan fingerprint density at radius 1 is 0.824 bits per heavy atom. The molecule has 0 aromatic heterocycles. The van der Waals surface area contributed by atoms with Crippen molar-refractivity contribution in [3.8, 4) is 0 Å². The lowest BCUT2D eigenvalue weighted by molar-refractivity contribution is 0.550. The minimum Gasteiger partial charge on any atom is -0.206 e. The molecule has 0 aliphatic carbocycles. The van der Waals surface area contributed by atoms with Crippen LogP contribution in [-0.4, -0.2) is 0 Å². The first-order valence-corrected chi connectivity index (χ1v) is 11.4. The third-order valence-corrected chi connectivity index (χ3v) is 5.10. The van der Waals surface area contributed by atoms with Crippen molar-refractivity contribution in [1.29, 1.82) is 0 Å². The lowest BCUT2D eigenvalue weighted by Crippen LogP contribution is -1.93. The van der Waals surface area contributed by atoms with Gasteiger partial charge in [0.15, 0.2) is 11.7 Å². The predicted molar refractivity (Wildman–Crippen MR) is 144 cm³/mol. The fourth-order valence-corrected chi connectivity index (χ4v) is 2.60. The minimum atomic E-state index is -1.10. The van der Waals surface area contributed by atoms with Crippen LogP contribution in [0.3, 0.4) is 0 Å². The molecule has 0 nitrogen and oxygen atoms in total. The van der Waals surface area contributed by atoms with Gasteiger partial charge in [0.05, 0.1) is 0 Å². The van der Waals surface area contributed by atoms with Crippen LogP contribution in [0.25, 0.3) is 0 Å². The molecular formula is C31H39F3. The number of allylic oxidation sites excluding steroid dienone is 16. The number of halogens is 3. The van der Waals surface area contributed by atoms with Gasteiger partial charge in [-0.05, 0) is 79.4 Å². The highest BCUT2D eigenvalue weighted by molar-refractivity contribution is 5.54. The second-order valence-electron chi connectivity index (χ2n) is 8.57. The number of unbranched alkanes of at least 4 members (excludes halogenated alkanes) is 1. The predicted octanol–water partition coefficient (Wildman–Crippen LogP) is 10.6. The van der Waals surface area contributed by atoms with Crippen molar-refractivity contribution in [2.45, 2.75) is 53.4 Å². The molecule has 0 aromatic rings. The molecule has 0 saturated carbocycles. The van der Waals surface area contributed by atoms with Gasteiger partial charge in [0.2, 0.25) is 0 Å². The van der Waals surface area contributed by atoms with Crippen LogP contribution in [-0.2, 0) is 0 Å². The zero-order valence-electron chi connectivity index (χ0n) is 21.2. The van der Waals surface area contributed by atoms with Crippen LogP contribution in [0.5, 0.6) is 0 Å². The van der Waals surface area contributed by atoms with E-state index in [9.17, 15) is 13.2 Å². The summed E-state index contributed by atoms with van der Waals surface area (Å²) < 4.78 is 43.5. The monoisotopic (exact) mass is 468 g/mol. The summed E-state index contributed by atoms with van der Waals surface area (Å²) in [7, 11) is 0. The van der Waals surface area contributed by atoms with E-state index in [1.54, 1.807) is 0 Å². The molecule has 0 saturated heterocycles. The molecule has 0 spiro atoms. The van der Waals surface area contributed by atoms with Gasteiger partial charge in [-0.25, -0.2) is 13.2 Å². The zero-order valence-corrected chi connectivity index (χ0v) is 21.2. The lowest BCUT2D eigenvalue weighted by atomic mass is 10.00. The van der Waals surface area contributed by atoms with Crippen molar-refractivity contribution in [1.82, 2.24) is 0 Å². The van der Waals surface area contributed by atoms with Crippen LogP contribution >= 0.6 is 0 Å². The van der Waals surface area contributed by atoms with E-state index in [2.05, 4.69) is 53.3 Å². The Morgan fingerprint density at radius 3 is 1.97 bits per heavy atom. The van der Waals surface area contributed by atoms with E-state index in [-0.39, 0.29) is 22.3 Å². The van der Waals surface area contributed by atoms with E-state index in [1.165, 1.54) is 18.2 Å².